The molecule has 0 saturated heterocycles. The summed E-state index contributed by atoms with van der Waals surface area (Å²) >= 11 is 0. The zero-order valence-electron chi connectivity index (χ0n) is 23.1. The zero-order chi connectivity index (χ0) is 29.7. The predicted octanol–water partition coefficient (Wildman–Crippen LogP) is 5.30. The van der Waals surface area contributed by atoms with Crippen molar-refractivity contribution in [2.45, 2.75) is 19.3 Å². The average Bonchev–Trinajstić information content (AvgIpc) is 3.61. The lowest BCUT2D eigenvalue weighted by Gasteiger charge is -2.07. The first-order chi connectivity index (χ1) is 20.7. The summed E-state index contributed by atoms with van der Waals surface area (Å²) < 4.78 is 37.9. The molecule has 6 aromatic rings. The second kappa shape index (κ2) is 10.4. The van der Waals surface area contributed by atoms with E-state index in [0.717, 1.165) is 23.9 Å². The molecule has 1 amide bonds. The van der Waals surface area contributed by atoms with Crippen molar-refractivity contribution in [2.24, 2.45) is 5.92 Å². The van der Waals surface area contributed by atoms with Crippen LogP contribution in [0.4, 0.5) is 10.1 Å². The van der Waals surface area contributed by atoms with Crippen LogP contribution in [0.1, 0.15) is 18.4 Å². The Bertz CT molecular complexity index is 2150. The van der Waals surface area contributed by atoms with E-state index in [1.165, 1.54) is 18.4 Å². The number of pyridine rings is 2. The molecule has 10 nitrogen and oxygen atoms in total. The molecule has 1 saturated carbocycles. The van der Waals surface area contributed by atoms with Crippen LogP contribution in [0.5, 0.6) is 0 Å². The van der Waals surface area contributed by atoms with E-state index in [9.17, 15) is 17.6 Å². The number of carbonyl (C=O) groups excluding carboxylic acids is 1. The quantitative estimate of drug-likeness (QED) is 0.216. The third-order valence-electron chi connectivity index (χ3n) is 7.42. The molecule has 4 heterocycles. The van der Waals surface area contributed by atoms with Crippen molar-refractivity contribution in [1.82, 2.24) is 30.1 Å². The van der Waals surface area contributed by atoms with E-state index in [1.54, 1.807) is 18.5 Å². The van der Waals surface area contributed by atoms with Gasteiger partial charge in [-0.25, -0.2) is 22.8 Å². The van der Waals surface area contributed by atoms with Crippen LogP contribution < -0.4 is 5.32 Å². The molecule has 1 fully saturated rings. The monoisotopic (exact) mass is 595 g/mol. The highest BCUT2D eigenvalue weighted by Gasteiger charge is 2.29. The van der Waals surface area contributed by atoms with Crippen LogP contribution in [0.3, 0.4) is 0 Å². The van der Waals surface area contributed by atoms with Gasteiger partial charge in [0.05, 0.1) is 39.9 Å². The highest BCUT2D eigenvalue weighted by Crippen LogP contribution is 2.33. The van der Waals surface area contributed by atoms with Crippen LogP contribution in [-0.4, -0.2) is 56.5 Å². The molecule has 0 spiro atoms. The fraction of sp³-hybridized carbons (Fsp3) is 0.194. The minimum absolute atomic E-state index is 0.00658. The molecule has 0 aliphatic heterocycles. The molecule has 0 radical (unpaired) electrons. The first-order valence-electron chi connectivity index (χ1n) is 13.8. The molecular formula is C31H26FN7O3S. The Balaban J connectivity index is 1.25. The number of hydrogen-bond acceptors (Lipinski definition) is 7. The van der Waals surface area contributed by atoms with E-state index in [-0.39, 0.29) is 24.0 Å². The van der Waals surface area contributed by atoms with Gasteiger partial charge in [0.15, 0.2) is 11.5 Å². The number of H-pyrrole nitrogens is 2. The van der Waals surface area contributed by atoms with Crippen LogP contribution >= 0.6 is 0 Å². The van der Waals surface area contributed by atoms with Crippen molar-refractivity contribution in [3.05, 3.63) is 78.4 Å². The number of aromatic amines is 2. The fourth-order valence-electron chi connectivity index (χ4n) is 5.09. The molecule has 43 heavy (non-hydrogen) atoms. The van der Waals surface area contributed by atoms with Crippen molar-refractivity contribution < 1.29 is 17.6 Å². The van der Waals surface area contributed by atoms with E-state index in [1.807, 2.05) is 36.4 Å². The molecule has 0 atom stereocenters. The van der Waals surface area contributed by atoms with Crippen LogP contribution in [-0.2, 0) is 21.1 Å². The van der Waals surface area contributed by atoms with Gasteiger partial charge in [0.1, 0.15) is 21.2 Å². The standard InChI is InChI=1S/C31H26FN7O3S/c1-43(41,42)10-9-17-11-19(13-21(32)12-17)23-3-2-4-25-27(23)37-30(36-25)29-28-26(38-39-29)8-7-24(35-28)20-14-22(16-33-15-20)34-31(40)18-5-6-18/h2-4,7-8,11-16,18H,5-6,9-10H2,1H3,(H,34,40)(H,36,37)(H,38,39). The van der Waals surface area contributed by atoms with E-state index < -0.39 is 15.7 Å². The summed E-state index contributed by atoms with van der Waals surface area (Å²) in [6.07, 6.45) is 6.52. The Labute approximate surface area is 245 Å². The molecule has 1 aliphatic rings. The number of halogens is 1. The van der Waals surface area contributed by atoms with Crippen LogP contribution in [0, 0.1) is 11.7 Å². The first kappa shape index (κ1) is 26.9. The minimum Gasteiger partial charge on any atom is -0.336 e. The van der Waals surface area contributed by atoms with Crippen molar-refractivity contribution in [3.8, 4) is 33.9 Å². The van der Waals surface area contributed by atoms with Crippen molar-refractivity contribution in [3.63, 3.8) is 0 Å². The van der Waals surface area contributed by atoms with E-state index >= 15 is 0 Å². The maximum Gasteiger partial charge on any atom is 0.227 e. The molecule has 0 bridgehead atoms. The van der Waals surface area contributed by atoms with Gasteiger partial charge < -0.3 is 10.3 Å². The number of hydrogen-bond donors (Lipinski definition) is 3. The number of rotatable bonds is 8. The highest BCUT2D eigenvalue weighted by molar-refractivity contribution is 7.90. The number of amides is 1. The minimum atomic E-state index is -3.19. The number of benzene rings is 2. The summed E-state index contributed by atoms with van der Waals surface area (Å²) in [7, 11) is -3.19. The summed E-state index contributed by atoms with van der Waals surface area (Å²) in [5, 5.41) is 10.4. The predicted molar refractivity (Wildman–Crippen MR) is 162 cm³/mol. The number of nitrogens with zero attached hydrogens (tertiary/aromatic N) is 4. The summed E-state index contributed by atoms with van der Waals surface area (Å²) in [4.78, 5) is 29.5. The number of fused-ring (bicyclic) bond motifs is 2. The van der Waals surface area contributed by atoms with Crippen molar-refractivity contribution in [2.75, 3.05) is 17.3 Å². The third-order valence-corrected chi connectivity index (χ3v) is 8.37. The van der Waals surface area contributed by atoms with E-state index in [2.05, 4.69) is 25.5 Å². The Morgan fingerprint density at radius 1 is 1.00 bits per heavy atom. The highest BCUT2D eigenvalue weighted by atomic mass is 32.2. The number of sulfone groups is 1. The second-order valence-electron chi connectivity index (χ2n) is 10.9. The third kappa shape index (κ3) is 5.61. The Hall–Kier alpha value is -4.97. The Morgan fingerprint density at radius 2 is 1.86 bits per heavy atom. The van der Waals surface area contributed by atoms with Gasteiger partial charge in [0.2, 0.25) is 5.91 Å². The number of nitrogens with one attached hydrogen (secondary N) is 3. The molecule has 1 aliphatic carbocycles. The molecule has 2 aromatic carbocycles. The molecule has 7 rings (SSSR count). The first-order valence-corrected chi connectivity index (χ1v) is 15.8. The molecule has 12 heteroatoms. The number of aromatic nitrogens is 6. The molecule has 0 unspecified atom stereocenters. The SMILES string of the molecule is CS(=O)(=O)CCc1cc(F)cc(-c2cccc3[nH]c(-c4n[nH]c5ccc(-c6cncc(NC(=O)C7CC7)c6)nc45)nc23)c1. The molecule has 3 N–H and O–H groups in total. The number of imidazole rings is 1. The fourth-order valence-corrected chi connectivity index (χ4v) is 5.70. The summed E-state index contributed by atoms with van der Waals surface area (Å²) in [6, 6.07) is 15.7. The number of carbonyl (C=O) groups is 1. The van der Waals surface area contributed by atoms with E-state index in [4.69, 9.17) is 9.97 Å². The van der Waals surface area contributed by atoms with Gasteiger partial charge in [-0.1, -0.05) is 18.2 Å². The largest absolute Gasteiger partial charge is 0.336 e. The van der Waals surface area contributed by atoms with Gasteiger partial charge in [-0.05, 0) is 66.8 Å². The van der Waals surface area contributed by atoms with Crippen molar-refractivity contribution in [1.29, 1.82) is 0 Å². The topological polar surface area (TPSA) is 146 Å². The summed E-state index contributed by atoms with van der Waals surface area (Å²) in [5.74, 6) is 0.0551. The van der Waals surface area contributed by atoms with Crippen LogP contribution in [0.15, 0.2) is 67.0 Å². The molecule has 4 aromatic heterocycles. The van der Waals surface area contributed by atoms with Crippen molar-refractivity contribution >= 4 is 43.5 Å². The van der Waals surface area contributed by atoms with Gasteiger partial charge in [-0.3, -0.25) is 14.9 Å². The Morgan fingerprint density at radius 3 is 2.67 bits per heavy atom. The lowest BCUT2D eigenvalue weighted by Crippen LogP contribution is -2.13. The van der Waals surface area contributed by atoms with Gasteiger partial charge in [-0.15, -0.1) is 0 Å². The molecular weight excluding hydrogens is 569 g/mol. The number of para-hydroxylation sites is 1. The summed E-state index contributed by atoms with van der Waals surface area (Å²) in [6.45, 7) is 0. The number of aryl methyl sites for hydroxylation is 1. The molecule has 216 valence electrons. The van der Waals surface area contributed by atoms with Crippen LogP contribution in [0.25, 0.3) is 56.0 Å². The lowest BCUT2D eigenvalue weighted by molar-refractivity contribution is -0.117. The second-order valence-corrected chi connectivity index (χ2v) is 13.2. The maximum absolute atomic E-state index is 14.6. The van der Waals surface area contributed by atoms with Gasteiger partial charge in [0, 0.05) is 29.5 Å². The average molecular weight is 596 g/mol. The Kier molecular flexibility index (Phi) is 6.50. The van der Waals surface area contributed by atoms with Gasteiger partial charge >= 0.3 is 0 Å². The normalized spacial score (nSPS) is 13.5. The number of anilines is 1. The van der Waals surface area contributed by atoms with E-state index in [0.29, 0.717) is 56.1 Å². The summed E-state index contributed by atoms with van der Waals surface area (Å²) in [5.41, 5.74) is 7.07. The smallest absolute Gasteiger partial charge is 0.227 e. The zero-order valence-corrected chi connectivity index (χ0v) is 23.9. The van der Waals surface area contributed by atoms with Gasteiger partial charge in [-0.2, -0.15) is 5.10 Å². The lowest BCUT2D eigenvalue weighted by atomic mass is 10.0. The van der Waals surface area contributed by atoms with Crippen LogP contribution in [0.2, 0.25) is 0 Å². The maximum atomic E-state index is 14.6. The van der Waals surface area contributed by atoms with Gasteiger partial charge in [0.25, 0.3) is 0 Å².